The number of aliphatic hydroxyl groups excluding tert-OH is 7. The van der Waals surface area contributed by atoms with Crippen molar-refractivity contribution in [3.8, 4) is 23.0 Å². The summed E-state index contributed by atoms with van der Waals surface area (Å²) in [5.74, 6) is -0.981. The number of ether oxygens (including phenoxy) is 5. The molecule has 3 aliphatic heterocycles. The molecule has 0 aliphatic carbocycles. The van der Waals surface area contributed by atoms with Gasteiger partial charge in [-0.25, -0.2) is 0 Å². The van der Waals surface area contributed by atoms with Gasteiger partial charge in [0, 0.05) is 12.1 Å². The summed E-state index contributed by atoms with van der Waals surface area (Å²) >= 11 is 0. The molecule has 0 radical (unpaired) electrons. The fourth-order valence-corrected chi connectivity index (χ4v) is 5.04. The van der Waals surface area contributed by atoms with E-state index in [2.05, 4.69) is 0 Å². The van der Waals surface area contributed by atoms with Crippen LogP contribution < -0.4 is 9.47 Å². The van der Waals surface area contributed by atoms with Crippen LogP contribution in [0.4, 0.5) is 0 Å². The average Bonchev–Trinajstić information content (AvgIpc) is 2.96. The van der Waals surface area contributed by atoms with Crippen molar-refractivity contribution in [1.82, 2.24) is 0 Å². The monoisotopic (exact) mass is 596 g/mol. The van der Waals surface area contributed by atoms with E-state index in [1.807, 2.05) is 0 Å². The van der Waals surface area contributed by atoms with Crippen molar-refractivity contribution >= 4 is 5.78 Å². The second kappa shape index (κ2) is 12.3. The van der Waals surface area contributed by atoms with Crippen LogP contribution in [-0.2, 0) is 14.2 Å². The van der Waals surface area contributed by atoms with Gasteiger partial charge in [-0.2, -0.15) is 0 Å². The number of carbonyl (C=O) groups excluding carboxylic acids is 1. The number of aliphatic hydroxyl groups is 7. The smallest absolute Gasteiger partial charge is 0.229 e. The Balaban J connectivity index is 1.29. The third-order valence-corrected chi connectivity index (χ3v) is 7.43. The average molecular weight is 597 g/mol. The summed E-state index contributed by atoms with van der Waals surface area (Å²) in [5, 5.41) is 90.9. The Labute approximate surface area is 238 Å². The lowest BCUT2D eigenvalue weighted by molar-refractivity contribution is -0.323. The molecule has 2 saturated heterocycles. The summed E-state index contributed by atoms with van der Waals surface area (Å²) in [5.41, 5.74) is 0.520. The second-order valence-electron chi connectivity index (χ2n) is 10.3. The van der Waals surface area contributed by atoms with Crippen molar-refractivity contribution in [2.24, 2.45) is 0 Å². The SMILES string of the molecule is O=C1CC(c2ccc(O)cc2)Oc2cc(O[C@@H]3O[C@H](CO[C@H]4O[C@H](CO)[C@@H](O)[C@H](O)[C@H]4O)[C@@H](O)[C@H](O)[C@H]3O)cc(O)c21. The molecule has 1 unspecified atom stereocenters. The van der Waals surface area contributed by atoms with Crippen molar-refractivity contribution in [1.29, 1.82) is 0 Å². The number of hydrogen-bond donors (Lipinski definition) is 9. The Bertz CT molecular complexity index is 1250. The first-order chi connectivity index (χ1) is 20.0. The molecule has 0 saturated carbocycles. The molecule has 2 aromatic rings. The number of phenols is 2. The standard InChI is InChI=1S/C27H32O15/c28-8-17-20(32)22(34)24(36)26(41-17)38-9-18-21(33)23(35)25(37)27(42-18)39-12-5-13(30)19-14(31)7-15(40-16(19)6-12)10-1-3-11(29)4-2-10/h1-6,15,17-18,20-30,32-37H,7-9H2/t15?,17-,18-,20-,21-,22+,23+,24-,25-,26+,27-/m1/s1. The van der Waals surface area contributed by atoms with E-state index in [0.717, 1.165) is 6.07 Å². The summed E-state index contributed by atoms with van der Waals surface area (Å²) < 4.78 is 27.8. The number of phenolic OH excluding ortho intramolecular Hbond substituents is 2. The van der Waals surface area contributed by atoms with Crippen LogP contribution in [0.15, 0.2) is 36.4 Å². The molecule has 15 nitrogen and oxygen atoms in total. The Morgan fingerprint density at radius 3 is 2.07 bits per heavy atom. The zero-order valence-corrected chi connectivity index (χ0v) is 21.9. The number of ketones is 1. The molecular formula is C27H32O15. The molecule has 0 spiro atoms. The summed E-state index contributed by atoms with van der Waals surface area (Å²) in [7, 11) is 0. The van der Waals surface area contributed by atoms with Gasteiger partial charge in [-0.1, -0.05) is 12.1 Å². The van der Waals surface area contributed by atoms with Crippen LogP contribution in [0.5, 0.6) is 23.0 Å². The predicted octanol–water partition coefficient (Wildman–Crippen LogP) is -2.19. The maximum absolute atomic E-state index is 12.8. The molecule has 3 heterocycles. The number of carbonyl (C=O) groups is 1. The topological polar surface area (TPSA) is 245 Å². The predicted molar refractivity (Wildman–Crippen MR) is 136 cm³/mol. The minimum atomic E-state index is -1.80. The minimum absolute atomic E-state index is 0.0206. The van der Waals surface area contributed by atoms with Crippen LogP contribution in [0.3, 0.4) is 0 Å². The van der Waals surface area contributed by atoms with Crippen LogP contribution in [-0.4, -0.2) is 126 Å². The zero-order chi connectivity index (χ0) is 30.3. The lowest BCUT2D eigenvalue weighted by Crippen LogP contribution is -2.62. The normalized spacial score (nSPS) is 36.6. The molecule has 9 N–H and O–H groups in total. The van der Waals surface area contributed by atoms with Gasteiger partial charge in [0.05, 0.1) is 19.6 Å². The highest BCUT2D eigenvalue weighted by Crippen LogP contribution is 2.42. The molecule has 2 fully saturated rings. The maximum atomic E-state index is 12.8. The van der Waals surface area contributed by atoms with Gasteiger partial charge in [0.15, 0.2) is 12.1 Å². The van der Waals surface area contributed by atoms with E-state index in [-0.39, 0.29) is 29.2 Å². The molecule has 5 rings (SSSR count). The van der Waals surface area contributed by atoms with Gasteiger partial charge >= 0.3 is 0 Å². The Morgan fingerprint density at radius 2 is 1.40 bits per heavy atom. The van der Waals surface area contributed by atoms with Crippen LogP contribution in [0, 0.1) is 0 Å². The highest BCUT2D eigenvalue weighted by atomic mass is 16.7. The molecule has 2 aromatic carbocycles. The van der Waals surface area contributed by atoms with Crippen molar-refractivity contribution in [2.75, 3.05) is 13.2 Å². The van der Waals surface area contributed by atoms with Gasteiger partial charge < -0.3 is 69.6 Å². The lowest BCUT2D eigenvalue weighted by Gasteiger charge is -2.42. The number of Topliss-reactive ketones (excluding diaryl/α,β-unsaturated/α-hetero) is 1. The number of rotatable bonds is 7. The zero-order valence-electron chi connectivity index (χ0n) is 21.9. The first kappa shape index (κ1) is 30.4. The van der Waals surface area contributed by atoms with E-state index in [4.69, 9.17) is 23.7 Å². The summed E-state index contributed by atoms with van der Waals surface area (Å²) in [6.45, 7) is -1.25. The molecule has 0 amide bonds. The molecule has 0 aromatic heterocycles. The minimum Gasteiger partial charge on any atom is -0.508 e. The lowest BCUT2D eigenvalue weighted by atomic mass is 9.95. The van der Waals surface area contributed by atoms with Gasteiger partial charge in [-0.05, 0) is 17.7 Å². The van der Waals surface area contributed by atoms with Crippen molar-refractivity contribution in [2.45, 2.75) is 73.9 Å². The highest BCUT2D eigenvalue weighted by molar-refractivity contribution is 6.02. The van der Waals surface area contributed by atoms with E-state index in [9.17, 15) is 50.8 Å². The summed E-state index contributed by atoms with van der Waals surface area (Å²) in [6, 6.07) is 8.43. The molecule has 42 heavy (non-hydrogen) atoms. The maximum Gasteiger partial charge on any atom is 0.229 e. The van der Waals surface area contributed by atoms with Crippen LogP contribution >= 0.6 is 0 Å². The molecule has 15 heteroatoms. The van der Waals surface area contributed by atoms with E-state index in [1.54, 1.807) is 12.1 Å². The number of benzene rings is 2. The van der Waals surface area contributed by atoms with Crippen LogP contribution in [0.2, 0.25) is 0 Å². The van der Waals surface area contributed by atoms with Gasteiger partial charge in [-0.15, -0.1) is 0 Å². The summed E-state index contributed by atoms with van der Waals surface area (Å²) in [6.07, 6.45) is -16.9. The van der Waals surface area contributed by atoms with Gasteiger partial charge in [0.25, 0.3) is 0 Å². The molecule has 0 bridgehead atoms. The Morgan fingerprint density at radius 1 is 0.786 bits per heavy atom. The van der Waals surface area contributed by atoms with Crippen molar-refractivity contribution in [3.63, 3.8) is 0 Å². The number of aromatic hydroxyl groups is 2. The van der Waals surface area contributed by atoms with Gasteiger partial charge in [0.2, 0.25) is 6.29 Å². The molecule has 11 atom stereocenters. The van der Waals surface area contributed by atoms with Crippen LogP contribution in [0.1, 0.15) is 28.4 Å². The quantitative estimate of drug-likeness (QED) is 0.165. The fraction of sp³-hybridized carbons (Fsp3) is 0.519. The highest BCUT2D eigenvalue weighted by Gasteiger charge is 2.48. The molecular weight excluding hydrogens is 564 g/mol. The van der Waals surface area contributed by atoms with Gasteiger partial charge in [0.1, 0.15) is 83.5 Å². The van der Waals surface area contributed by atoms with E-state index in [0.29, 0.717) is 5.56 Å². The Kier molecular flexibility index (Phi) is 8.86. The second-order valence-corrected chi connectivity index (χ2v) is 10.3. The Hall–Kier alpha value is -3.09. The van der Waals surface area contributed by atoms with Crippen molar-refractivity contribution < 1.29 is 74.4 Å². The van der Waals surface area contributed by atoms with E-state index < -0.39 is 92.3 Å². The van der Waals surface area contributed by atoms with E-state index in [1.165, 1.54) is 18.2 Å². The number of hydrogen-bond acceptors (Lipinski definition) is 15. The number of fused-ring (bicyclic) bond motifs is 1. The van der Waals surface area contributed by atoms with Gasteiger partial charge in [-0.3, -0.25) is 4.79 Å². The van der Waals surface area contributed by atoms with E-state index >= 15 is 0 Å². The largest absolute Gasteiger partial charge is 0.508 e. The first-order valence-electron chi connectivity index (χ1n) is 13.1. The third-order valence-electron chi connectivity index (χ3n) is 7.43. The molecule has 230 valence electrons. The van der Waals surface area contributed by atoms with Crippen molar-refractivity contribution in [3.05, 3.63) is 47.5 Å². The third kappa shape index (κ3) is 5.89. The summed E-state index contributed by atoms with van der Waals surface area (Å²) in [4.78, 5) is 12.8. The van der Waals surface area contributed by atoms with Crippen LogP contribution in [0.25, 0.3) is 0 Å². The fourth-order valence-electron chi connectivity index (χ4n) is 5.04. The first-order valence-corrected chi connectivity index (χ1v) is 13.1. The molecule has 3 aliphatic rings.